The van der Waals surface area contributed by atoms with Crippen molar-refractivity contribution in [3.05, 3.63) is 24.1 Å². The Morgan fingerprint density at radius 1 is 1.54 bits per heavy atom. The number of alkyl halides is 1. The van der Waals surface area contributed by atoms with E-state index in [4.69, 9.17) is 11.6 Å². The van der Waals surface area contributed by atoms with Gasteiger partial charge in [0.15, 0.2) is 5.82 Å². The van der Waals surface area contributed by atoms with Crippen LogP contribution >= 0.6 is 11.6 Å². The average Bonchev–Trinajstić information content (AvgIpc) is 2.76. The summed E-state index contributed by atoms with van der Waals surface area (Å²) in [6.07, 6.45) is 2.87. The van der Waals surface area contributed by atoms with Gasteiger partial charge < -0.3 is 4.52 Å². The van der Waals surface area contributed by atoms with Crippen LogP contribution in [0.2, 0.25) is 0 Å². The van der Waals surface area contributed by atoms with E-state index in [0.717, 1.165) is 5.69 Å². The molecule has 0 unspecified atom stereocenters. The Hall–Kier alpha value is -1.43. The highest BCUT2D eigenvalue weighted by Crippen LogP contribution is 2.02. The highest BCUT2D eigenvalue weighted by atomic mass is 35.5. The SMILES string of the molecule is ClCc1cnnn1Cc1ncon1. The quantitative estimate of drug-likeness (QED) is 0.672. The molecule has 0 atom stereocenters. The lowest BCUT2D eigenvalue weighted by Crippen LogP contribution is -2.06. The Labute approximate surface area is 78.5 Å². The molecule has 13 heavy (non-hydrogen) atoms. The van der Waals surface area contributed by atoms with E-state index in [-0.39, 0.29) is 0 Å². The number of hydrogen-bond acceptors (Lipinski definition) is 5. The molecule has 2 rings (SSSR count). The van der Waals surface area contributed by atoms with Crippen LogP contribution in [0.1, 0.15) is 11.5 Å². The van der Waals surface area contributed by atoms with Crippen molar-refractivity contribution in [1.29, 1.82) is 0 Å². The molecule has 0 radical (unpaired) electrons. The Morgan fingerprint density at radius 3 is 3.15 bits per heavy atom. The maximum atomic E-state index is 5.65. The van der Waals surface area contributed by atoms with E-state index in [2.05, 4.69) is 25.0 Å². The molecule has 0 aliphatic carbocycles. The molecule has 2 heterocycles. The van der Waals surface area contributed by atoms with Crippen molar-refractivity contribution >= 4 is 11.6 Å². The van der Waals surface area contributed by atoms with Gasteiger partial charge in [0.25, 0.3) is 0 Å². The average molecular weight is 200 g/mol. The predicted octanol–water partition coefficient (Wildman–Crippen LogP) is 0.448. The fourth-order valence-electron chi connectivity index (χ4n) is 0.912. The summed E-state index contributed by atoms with van der Waals surface area (Å²) in [5, 5.41) is 11.2. The zero-order chi connectivity index (χ0) is 9.10. The summed E-state index contributed by atoms with van der Waals surface area (Å²) in [5.74, 6) is 0.919. The first-order valence-electron chi connectivity index (χ1n) is 3.58. The summed E-state index contributed by atoms with van der Waals surface area (Å²) in [6.45, 7) is 0.429. The molecule has 0 aliphatic rings. The third-order valence-electron chi connectivity index (χ3n) is 1.53. The third-order valence-corrected chi connectivity index (χ3v) is 1.81. The highest BCUT2D eigenvalue weighted by Gasteiger charge is 2.05. The Morgan fingerprint density at radius 2 is 2.46 bits per heavy atom. The second-order valence-electron chi connectivity index (χ2n) is 2.36. The standard InChI is InChI=1S/C6H6ClN5O/c7-1-5-2-9-11-12(5)3-6-8-4-13-10-6/h2,4H,1,3H2. The molecule has 0 bridgehead atoms. The van der Waals surface area contributed by atoms with Crippen molar-refractivity contribution in [3.8, 4) is 0 Å². The topological polar surface area (TPSA) is 69.6 Å². The molecule has 0 aromatic carbocycles. The minimum Gasteiger partial charge on any atom is -0.343 e. The second-order valence-corrected chi connectivity index (χ2v) is 2.63. The summed E-state index contributed by atoms with van der Waals surface area (Å²) >= 11 is 5.65. The van der Waals surface area contributed by atoms with Gasteiger partial charge in [-0.15, -0.1) is 16.7 Å². The molecule has 68 valence electrons. The number of aromatic nitrogens is 5. The molecular weight excluding hydrogens is 194 g/mol. The van der Waals surface area contributed by atoms with Crippen molar-refractivity contribution < 1.29 is 4.52 Å². The van der Waals surface area contributed by atoms with Gasteiger partial charge in [-0.1, -0.05) is 10.4 Å². The minimum absolute atomic E-state index is 0.366. The van der Waals surface area contributed by atoms with E-state index >= 15 is 0 Å². The summed E-state index contributed by atoms with van der Waals surface area (Å²) in [4.78, 5) is 3.86. The van der Waals surface area contributed by atoms with Crippen LogP contribution in [-0.4, -0.2) is 25.1 Å². The predicted molar refractivity (Wildman–Crippen MR) is 43.0 cm³/mol. The van der Waals surface area contributed by atoms with Gasteiger partial charge in [-0.3, -0.25) is 0 Å². The van der Waals surface area contributed by atoms with Gasteiger partial charge in [0.2, 0.25) is 6.39 Å². The molecular formula is C6H6ClN5O. The van der Waals surface area contributed by atoms with Crippen LogP contribution in [-0.2, 0) is 12.4 Å². The molecule has 2 aromatic rings. The number of hydrogen-bond donors (Lipinski definition) is 0. The maximum Gasteiger partial charge on any atom is 0.213 e. The minimum atomic E-state index is 0.366. The van der Waals surface area contributed by atoms with Crippen molar-refractivity contribution in [3.63, 3.8) is 0 Å². The van der Waals surface area contributed by atoms with Crippen LogP contribution in [0, 0.1) is 0 Å². The first-order chi connectivity index (χ1) is 6.40. The van der Waals surface area contributed by atoms with Crippen molar-refractivity contribution in [2.75, 3.05) is 0 Å². The van der Waals surface area contributed by atoms with E-state index in [9.17, 15) is 0 Å². The summed E-state index contributed by atoms with van der Waals surface area (Å²) in [6, 6.07) is 0. The van der Waals surface area contributed by atoms with Gasteiger partial charge in [0, 0.05) is 0 Å². The third kappa shape index (κ3) is 1.67. The monoisotopic (exact) mass is 199 g/mol. The Kier molecular flexibility index (Phi) is 2.22. The van der Waals surface area contributed by atoms with E-state index in [1.807, 2.05) is 0 Å². The van der Waals surface area contributed by atoms with Crippen LogP contribution in [0.3, 0.4) is 0 Å². The second kappa shape index (κ2) is 3.53. The molecule has 0 amide bonds. The van der Waals surface area contributed by atoms with Gasteiger partial charge in [-0.25, -0.2) is 4.68 Å². The lowest BCUT2D eigenvalue weighted by atomic mass is 10.5. The molecule has 7 heteroatoms. The van der Waals surface area contributed by atoms with Crippen LogP contribution in [0.15, 0.2) is 17.1 Å². The van der Waals surface area contributed by atoms with Crippen LogP contribution in [0.25, 0.3) is 0 Å². The van der Waals surface area contributed by atoms with Crippen LogP contribution in [0.5, 0.6) is 0 Å². The van der Waals surface area contributed by atoms with Gasteiger partial charge in [0.05, 0.1) is 17.8 Å². The molecule has 0 spiro atoms. The Balaban J connectivity index is 2.18. The fourth-order valence-corrected chi connectivity index (χ4v) is 1.12. The molecule has 2 aromatic heterocycles. The molecule has 0 N–H and O–H groups in total. The Bertz CT molecular complexity index is 370. The van der Waals surface area contributed by atoms with Crippen molar-refractivity contribution in [2.45, 2.75) is 12.4 Å². The smallest absolute Gasteiger partial charge is 0.213 e. The molecule has 0 saturated heterocycles. The zero-order valence-corrected chi connectivity index (χ0v) is 7.35. The largest absolute Gasteiger partial charge is 0.343 e. The van der Waals surface area contributed by atoms with Gasteiger partial charge in [-0.05, 0) is 0 Å². The molecule has 0 fully saturated rings. The highest BCUT2D eigenvalue weighted by molar-refractivity contribution is 6.16. The molecule has 0 aliphatic heterocycles. The van der Waals surface area contributed by atoms with Crippen molar-refractivity contribution in [1.82, 2.24) is 25.1 Å². The van der Waals surface area contributed by atoms with Gasteiger partial charge in [-0.2, -0.15) is 4.98 Å². The maximum absolute atomic E-state index is 5.65. The first kappa shape index (κ1) is 8.18. The van der Waals surface area contributed by atoms with E-state index in [1.54, 1.807) is 10.9 Å². The lowest BCUT2D eigenvalue weighted by Gasteiger charge is -1.98. The summed E-state index contributed by atoms with van der Waals surface area (Å²) in [5.41, 5.74) is 0.825. The van der Waals surface area contributed by atoms with E-state index in [1.165, 1.54) is 6.39 Å². The van der Waals surface area contributed by atoms with Crippen molar-refractivity contribution in [2.24, 2.45) is 0 Å². The normalized spacial score (nSPS) is 10.5. The number of nitrogens with zero attached hydrogens (tertiary/aromatic N) is 5. The number of rotatable bonds is 3. The summed E-state index contributed by atoms with van der Waals surface area (Å²) in [7, 11) is 0. The fraction of sp³-hybridized carbons (Fsp3) is 0.333. The van der Waals surface area contributed by atoms with Gasteiger partial charge >= 0.3 is 0 Å². The molecule has 6 nitrogen and oxygen atoms in total. The summed E-state index contributed by atoms with van der Waals surface area (Å²) < 4.78 is 6.20. The molecule has 0 saturated carbocycles. The first-order valence-corrected chi connectivity index (χ1v) is 4.12. The zero-order valence-electron chi connectivity index (χ0n) is 6.59. The van der Waals surface area contributed by atoms with Gasteiger partial charge in [0.1, 0.15) is 6.54 Å². The number of halogens is 1. The van der Waals surface area contributed by atoms with E-state index in [0.29, 0.717) is 18.2 Å². The van der Waals surface area contributed by atoms with Crippen LogP contribution in [0.4, 0.5) is 0 Å². The lowest BCUT2D eigenvalue weighted by molar-refractivity contribution is 0.406. The van der Waals surface area contributed by atoms with Crippen LogP contribution < -0.4 is 0 Å². The van der Waals surface area contributed by atoms with E-state index < -0.39 is 0 Å².